The van der Waals surface area contributed by atoms with Crippen molar-refractivity contribution in [3.8, 4) is 12.3 Å². The van der Waals surface area contributed by atoms with E-state index in [1.165, 1.54) is 6.07 Å². The molecule has 0 atom stereocenters. The summed E-state index contributed by atoms with van der Waals surface area (Å²) in [6.07, 6.45) is 5.31. The Morgan fingerprint density at radius 3 is 2.73 bits per heavy atom. The summed E-state index contributed by atoms with van der Waals surface area (Å²) in [7, 11) is 0. The predicted octanol–water partition coefficient (Wildman–Crippen LogP) is 2.98. The molecule has 0 aliphatic rings. The number of hydrogen-bond acceptors (Lipinski definition) is 1. The smallest absolute Gasteiger partial charge is 0.129 e. The van der Waals surface area contributed by atoms with E-state index in [0.717, 1.165) is 0 Å². The minimum Gasteiger partial charge on any atom is -0.297 e. The van der Waals surface area contributed by atoms with Gasteiger partial charge in [0.2, 0.25) is 0 Å². The maximum atomic E-state index is 13.4. The van der Waals surface area contributed by atoms with Crippen molar-refractivity contribution in [2.24, 2.45) is 0 Å². The highest BCUT2D eigenvalue weighted by Gasteiger charge is 2.14. The van der Waals surface area contributed by atoms with Crippen LogP contribution in [0.5, 0.6) is 0 Å². The molecule has 0 saturated carbocycles. The molecule has 0 amide bonds. The Labute approximate surface area is 94.6 Å². The zero-order valence-corrected chi connectivity index (χ0v) is 9.53. The van der Waals surface area contributed by atoms with Gasteiger partial charge in [0.15, 0.2) is 0 Å². The second-order valence-corrected chi connectivity index (χ2v) is 4.23. The summed E-state index contributed by atoms with van der Waals surface area (Å²) in [4.78, 5) is 0. The normalized spacial score (nSPS) is 11.1. The number of hydrogen-bond donors (Lipinski definition) is 1. The van der Waals surface area contributed by atoms with Crippen molar-refractivity contribution in [2.45, 2.75) is 25.9 Å². The van der Waals surface area contributed by atoms with Gasteiger partial charge in [-0.3, -0.25) is 5.32 Å². The standard InChI is InChI=1S/C12H13ClFN/c1-4-12(2,3)15-8-9-10(13)6-5-7-11(9)14/h1,5-7,15H,8H2,2-3H3. The number of benzene rings is 1. The SMILES string of the molecule is C#CC(C)(C)NCc1c(F)cccc1Cl. The highest BCUT2D eigenvalue weighted by Crippen LogP contribution is 2.19. The van der Waals surface area contributed by atoms with E-state index in [4.69, 9.17) is 18.0 Å². The van der Waals surface area contributed by atoms with Gasteiger partial charge in [0, 0.05) is 17.1 Å². The van der Waals surface area contributed by atoms with E-state index in [1.54, 1.807) is 12.1 Å². The van der Waals surface area contributed by atoms with Crippen LogP contribution in [-0.2, 0) is 6.54 Å². The summed E-state index contributed by atoms with van der Waals surface area (Å²) in [5.74, 6) is 2.26. The third-order valence-electron chi connectivity index (χ3n) is 2.13. The topological polar surface area (TPSA) is 12.0 Å². The van der Waals surface area contributed by atoms with Crippen molar-refractivity contribution in [1.29, 1.82) is 0 Å². The minimum absolute atomic E-state index is 0.317. The van der Waals surface area contributed by atoms with Gasteiger partial charge in [0.05, 0.1) is 5.54 Å². The Morgan fingerprint density at radius 1 is 1.53 bits per heavy atom. The first-order chi connectivity index (χ1) is 6.96. The Kier molecular flexibility index (Phi) is 3.73. The van der Waals surface area contributed by atoms with E-state index in [1.807, 2.05) is 13.8 Å². The lowest BCUT2D eigenvalue weighted by molar-refractivity contribution is 0.480. The lowest BCUT2D eigenvalue weighted by Crippen LogP contribution is -2.37. The fraction of sp³-hybridized carbons (Fsp3) is 0.333. The molecule has 1 nitrogen and oxygen atoms in total. The van der Waals surface area contributed by atoms with Gasteiger partial charge < -0.3 is 0 Å². The van der Waals surface area contributed by atoms with Crippen LogP contribution in [0.25, 0.3) is 0 Å². The molecular weight excluding hydrogens is 213 g/mol. The first kappa shape index (κ1) is 12.0. The van der Waals surface area contributed by atoms with Crippen LogP contribution in [0.2, 0.25) is 5.02 Å². The molecule has 3 heteroatoms. The quantitative estimate of drug-likeness (QED) is 0.780. The molecule has 0 aliphatic carbocycles. The number of terminal acetylenes is 1. The Balaban J connectivity index is 2.79. The van der Waals surface area contributed by atoms with Crippen molar-refractivity contribution in [2.75, 3.05) is 0 Å². The molecule has 0 unspecified atom stereocenters. The molecule has 15 heavy (non-hydrogen) atoms. The highest BCUT2D eigenvalue weighted by atomic mass is 35.5. The maximum Gasteiger partial charge on any atom is 0.129 e. The van der Waals surface area contributed by atoms with Crippen LogP contribution in [-0.4, -0.2) is 5.54 Å². The van der Waals surface area contributed by atoms with Crippen LogP contribution in [0.15, 0.2) is 18.2 Å². The first-order valence-corrected chi connectivity index (χ1v) is 5.00. The van der Waals surface area contributed by atoms with Gasteiger partial charge in [-0.05, 0) is 26.0 Å². The monoisotopic (exact) mass is 225 g/mol. The third-order valence-corrected chi connectivity index (χ3v) is 2.48. The van der Waals surface area contributed by atoms with E-state index in [2.05, 4.69) is 11.2 Å². The average molecular weight is 226 g/mol. The zero-order chi connectivity index (χ0) is 11.5. The number of nitrogens with one attached hydrogen (secondary N) is 1. The van der Waals surface area contributed by atoms with Crippen LogP contribution in [0.4, 0.5) is 4.39 Å². The second kappa shape index (κ2) is 4.65. The molecule has 0 fully saturated rings. The molecule has 1 aromatic carbocycles. The summed E-state index contributed by atoms with van der Waals surface area (Å²) in [5, 5.41) is 3.46. The molecule has 80 valence electrons. The van der Waals surface area contributed by atoms with Gasteiger partial charge in [0.1, 0.15) is 5.82 Å². The maximum absolute atomic E-state index is 13.4. The van der Waals surface area contributed by atoms with Crippen LogP contribution in [0.3, 0.4) is 0 Å². The van der Waals surface area contributed by atoms with Crippen LogP contribution >= 0.6 is 11.6 Å². The van der Waals surface area contributed by atoms with Crippen LogP contribution < -0.4 is 5.32 Å². The Hall–Kier alpha value is -1.04. The van der Waals surface area contributed by atoms with E-state index < -0.39 is 5.54 Å². The van der Waals surface area contributed by atoms with Gasteiger partial charge in [0.25, 0.3) is 0 Å². The molecule has 0 bridgehead atoms. The van der Waals surface area contributed by atoms with E-state index >= 15 is 0 Å². The minimum atomic E-state index is -0.467. The van der Waals surface area contributed by atoms with Crippen LogP contribution in [0.1, 0.15) is 19.4 Å². The van der Waals surface area contributed by atoms with E-state index in [9.17, 15) is 4.39 Å². The summed E-state index contributed by atoms with van der Waals surface area (Å²) in [5.41, 5.74) is -0.0199. The largest absolute Gasteiger partial charge is 0.297 e. The van der Waals surface area contributed by atoms with Gasteiger partial charge in [-0.25, -0.2) is 4.39 Å². The molecule has 0 radical (unpaired) electrons. The van der Waals surface area contributed by atoms with Crippen molar-refractivity contribution in [3.63, 3.8) is 0 Å². The van der Waals surface area contributed by atoms with Crippen molar-refractivity contribution >= 4 is 11.6 Å². The van der Waals surface area contributed by atoms with Crippen molar-refractivity contribution in [3.05, 3.63) is 34.6 Å². The molecule has 0 spiro atoms. The van der Waals surface area contributed by atoms with Crippen LogP contribution in [0, 0.1) is 18.2 Å². The Bertz CT molecular complexity index is 373. The third kappa shape index (κ3) is 3.23. The second-order valence-electron chi connectivity index (χ2n) is 3.82. The van der Waals surface area contributed by atoms with Gasteiger partial charge in [-0.2, -0.15) is 0 Å². The molecule has 0 aliphatic heterocycles. The van der Waals surface area contributed by atoms with Gasteiger partial charge >= 0.3 is 0 Å². The summed E-state index contributed by atoms with van der Waals surface area (Å²) in [6, 6.07) is 4.61. The van der Waals surface area contributed by atoms with Crippen molar-refractivity contribution in [1.82, 2.24) is 5.32 Å². The van der Waals surface area contributed by atoms with E-state index in [0.29, 0.717) is 17.1 Å². The fourth-order valence-corrected chi connectivity index (χ4v) is 1.29. The molecule has 0 aromatic heterocycles. The highest BCUT2D eigenvalue weighted by molar-refractivity contribution is 6.31. The average Bonchev–Trinajstić information content (AvgIpc) is 2.17. The summed E-state index contributed by atoms with van der Waals surface area (Å²) < 4.78 is 13.4. The first-order valence-electron chi connectivity index (χ1n) is 4.62. The van der Waals surface area contributed by atoms with E-state index in [-0.39, 0.29) is 5.82 Å². The molecule has 0 heterocycles. The van der Waals surface area contributed by atoms with Gasteiger partial charge in [-0.1, -0.05) is 23.6 Å². The fourth-order valence-electron chi connectivity index (χ4n) is 1.06. The molecule has 1 rings (SSSR count). The molecule has 1 N–H and O–H groups in total. The van der Waals surface area contributed by atoms with Gasteiger partial charge in [-0.15, -0.1) is 6.42 Å². The molecule has 1 aromatic rings. The number of halogens is 2. The summed E-state index contributed by atoms with van der Waals surface area (Å²) >= 11 is 5.87. The lowest BCUT2D eigenvalue weighted by atomic mass is 10.1. The lowest BCUT2D eigenvalue weighted by Gasteiger charge is -2.20. The summed E-state index contributed by atoms with van der Waals surface area (Å²) in [6.45, 7) is 4.02. The molecule has 0 saturated heterocycles. The van der Waals surface area contributed by atoms with Crippen molar-refractivity contribution < 1.29 is 4.39 Å². The number of rotatable bonds is 3. The Morgan fingerprint density at radius 2 is 2.20 bits per heavy atom. The zero-order valence-electron chi connectivity index (χ0n) is 8.77. The predicted molar refractivity (Wildman–Crippen MR) is 61.2 cm³/mol. The molecular formula is C12H13ClFN.